The van der Waals surface area contributed by atoms with Crippen LogP contribution in [-0.4, -0.2) is 37.0 Å². The van der Waals surface area contributed by atoms with Gasteiger partial charge in [0.05, 0.1) is 22.9 Å². The lowest BCUT2D eigenvalue weighted by Gasteiger charge is -2.16. The molecule has 0 aliphatic carbocycles. The van der Waals surface area contributed by atoms with Crippen molar-refractivity contribution in [1.82, 2.24) is 0 Å². The van der Waals surface area contributed by atoms with Crippen LogP contribution in [0, 0.1) is 5.82 Å². The second-order valence-corrected chi connectivity index (χ2v) is 6.66. The number of nitrogens with two attached hydrogens (primary N) is 1. The van der Waals surface area contributed by atoms with Gasteiger partial charge in [-0.2, -0.15) is 0 Å². The average Bonchev–Trinajstić information content (AvgIpc) is 2.63. The summed E-state index contributed by atoms with van der Waals surface area (Å²) >= 11 is 0. The van der Waals surface area contributed by atoms with Gasteiger partial charge in [-0.1, -0.05) is 0 Å². The molecule has 1 atom stereocenters. The summed E-state index contributed by atoms with van der Waals surface area (Å²) in [4.78, 5) is 11.1. The molecule has 4 N–H and O–H groups in total. The molecule has 0 saturated carbocycles. The number of benzene rings is 1. The van der Waals surface area contributed by atoms with Crippen molar-refractivity contribution >= 4 is 27.2 Å². The van der Waals surface area contributed by atoms with Gasteiger partial charge in [-0.15, -0.1) is 0 Å². The molecule has 1 fully saturated rings. The predicted molar refractivity (Wildman–Crippen MR) is 68.5 cm³/mol. The first kappa shape index (κ1) is 13.6. The highest BCUT2D eigenvalue weighted by Crippen LogP contribution is 2.27. The van der Waals surface area contributed by atoms with Gasteiger partial charge in [-0.3, -0.25) is 0 Å². The summed E-state index contributed by atoms with van der Waals surface area (Å²) in [6, 6.07) is 1.92. The van der Waals surface area contributed by atoms with Crippen LogP contribution in [0.5, 0.6) is 0 Å². The molecule has 0 bridgehead atoms. The molecular formula is C11H13FN2O4S. The van der Waals surface area contributed by atoms with Gasteiger partial charge in [0.2, 0.25) is 0 Å². The van der Waals surface area contributed by atoms with E-state index in [4.69, 9.17) is 10.8 Å². The van der Waals surface area contributed by atoms with Gasteiger partial charge in [0.15, 0.2) is 9.84 Å². The van der Waals surface area contributed by atoms with E-state index >= 15 is 0 Å². The summed E-state index contributed by atoms with van der Waals surface area (Å²) in [5.41, 5.74) is 4.70. The minimum atomic E-state index is -3.08. The van der Waals surface area contributed by atoms with Crippen molar-refractivity contribution in [3.63, 3.8) is 0 Å². The highest BCUT2D eigenvalue weighted by Gasteiger charge is 2.29. The number of halogens is 1. The summed E-state index contributed by atoms with van der Waals surface area (Å²) in [6.07, 6.45) is 0.388. The van der Waals surface area contributed by atoms with E-state index in [1.54, 1.807) is 0 Å². The number of carboxylic acids is 1. The van der Waals surface area contributed by atoms with Gasteiger partial charge in [-0.05, 0) is 18.6 Å². The lowest BCUT2D eigenvalue weighted by atomic mass is 10.1. The van der Waals surface area contributed by atoms with E-state index in [1.807, 2.05) is 0 Å². The summed E-state index contributed by atoms with van der Waals surface area (Å²) in [5.74, 6) is -2.19. The van der Waals surface area contributed by atoms with Crippen LogP contribution < -0.4 is 11.1 Å². The molecule has 1 aromatic rings. The van der Waals surface area contributed by atoms with Crippen LogP contribution in [0.25, 0.3) is 0 Å². The van der Waals surface area contributed by atoms with Crippen molar-refractivity contribution in [3.05, 3.63) is 23.5 Å². The Morgan fingerprint density at radius 1 is 1.47 bits per heavy atom. The van der Waals surface area contributed by atoms with E-state index in [9.17, 15) is 17.6 Å². The fraction of sp³-hybridized carbons (Fsp3) is 0.364. The Hall–Kier alpha value is -1.83. The molecule has 0 radical (unpaired) electrons. The third-order valence-electron chi connectivity index (χ3n) is 3.00. The molecule has 19 heavy (non-hydrogen) atoms. The molecule has 0 aromatic heterocycles. The van der Waals surface area contributed by atoms with E-state index in [-0.39, 0.29) is 28.8 Å². The Bertz CT molecular complexity index is 630. The van der Waals surface area contributed by atoms with Gasteiger partial charge >= 0.3 is 5.97 Å². The average molecular weight is 288 g/mol. The van der Waals surface area contributed by atoms with E-state index in [0.29, 0.717) is 6.42 Å². The van der Waals surface area contributed by atoms with E-state index in [2.05, 4.69) is 5.32 Å². The maximum absolute atomic E-state index is 13.2. The number of aromatic carboxylic acids is 1. The number of carbonyl (C=O) groups is 1. The SMILES string of the molecule is Nc1c(F)ccc(NC2CCS(=O)(=O)C2)c1C(=O)O. The zero-order valence-corrected chi connectivity index (χ0v) is 10.7. The normalized spacial score (nSPS) is 21.2. The van der Waals surface area contributed by atoms with Crippen molar-refractivity contribution in [2.45, 2.75) is 12.5 Å². The zero-order valence-electron chi connectivity index (χ0n) is 9.89. The molecule has 1 aliphatic rings. The summed E-state index contributed by atoms with van der Waals surface area (Å²) < 4.78 is 35.9. The first-order valence-corrected chi connectivity index (χ1v) is 7.40. The third-order valence-corrected chi connectivity index (χ3v) is 4.77. The molecule has 6 nitrogen and oxygen atoms in total. The molecule has 1 aromatic carbocycles. The van der Waals surface area contributed by atoms with Crippen LogP contribution in [0.4, 0.5) is 15.8 Å². The number of hydrogen-bond acceptors (Lipinski definition) is 5. The lowest BCUT2D eigenvalue weighted by molar-refractivity contribution is 0.0698. The molecule has 1 heterocycles. The maximum Gasteiger partial charge on any atom is 0.340 e. The highest BCUT2D eigenvalue weighted by atomic mass is 32.2. The van der Waals surface area contributed by atoms with Crippen LogP contribution in [0.1, 0.15) is 16.8 Å². The van der Waals surface area contributed by atoms with Crippen LogP contribution in [0.3, 0.4) is 0 Å². The molecule has 8 heteroatoms. The Labute approximate surface area is 109 Å². The summed E-state index contributed by atoms with van der Waals surface area (Å²) in [7, 11) is -3.08. The Kier molecular flexibility index (Phi) is 3.36. The van der Waals surface area contributed by atoms with Crippen molar-refractivity contribution in [1.29, 1.82) is 0 Å². The molecular weight excluding hydrogens is 275 g/mol. The van der Waals surface area contributed by atoms with Crippen molar-refractivity contribution in [2.24, 2.45) is 0 Å². The molecule has 104 valence electrons. The van der Waals surface area contributed by atoms with Crippen LogP contribution in [-0.2, 0) is 9.84 Å². The number of nitrogens with one attached hydrogen (secondary N) is 1. The van der Waals surface area contributed by atoms with Gasteiger partial charge in [0, 0.05) is 6.04 Å². The van der Waals surface area contributed by atoms with E-state index in [0.717, 1.165) is 6.07 Å². The Morgan fingerprint density at radius 2 is 2.16 bits per heavy atom. The van der Waals surface area contributed by atoms with Crippen molar-refractivity contribution in [2.75, 3.05) is 22.6 Å². The second kappa shape index (κ2) is 4.69. The fourth-order valence-corrected chi connectivity index (χ4v) is 3.75. The number of carboxylic acid groups (broad SMARTS) is 1. The number of rotatable bonds is 3. The van der Waals surface area contributed by atoms with Gasteiger partial charge < -0.3 is 16.2 Å². The van der Waals surface area contributed by atoms with Crippen LogP contribution in [0.15, 0.2) is 12.1 Å². The molecule has 0 spiro atoms. The smallest absolute Gasteiger partial charge is 0.340 e. The van der Waals surface area contributed by atoms with Crippen LogP contribution in [0.2, 0.25) is 0 Å². The van der Waals surface area contributed by atoms with Crippen molar-refractivity contribution in [3.8, 4) is 0 Å². The first-order chi connectivity index (χ1) is 8.80. The highest BCUT2D eigenvalue weighted by molar-refractivity contribution is 7.91. The number of sulfone groups is 1. The second-order valence-electron chi connectivity index (χ2n) is 4.43. The van der Waals surface area contributed by atoms with Gasteiger partial charge in [0.25, 0.3) is 0 Å². The lowest BCUT2D eigenvalue weighted by Crippen LogP contribution is -2.22. The molecule has 0 amide bonds. The first-order valence-electron chi connectivity index (χ1n) is 5.58. The monoisotopic (exact) mass is 288 g/mol. The summed E-state index contributed by atoms with van der Waals surface area (Å²) in [5, 5.41) is 11.9. The minimum Gasteiger partial charge on any atom is -0.478 e. The number of anilines is 2. The molecule has 1 unspecified atom stereocenters. The number of nitrogen functional groups attached to an aromatic ring is 1. The van der Waals surface area contributed by atoms with E-state index in [1.165, 1.54) is 6.07 Å². The quantitative estimate of drug-likeness (QED) is 0.706. The van der Waals surface area contributed by atoms with Crippen LogP contribution >= 0.6 is 0 Å². The molecule has 2 rings (SSSR count). The van der Waals surface area contributed by atoms with Crippen molar-refractivity contribution < 1.29 is 22.7 Å². The van der Waals surface area contributed by atoms with Gasteiger partial charge in [0.1, 0.15) is 11.4 Å². The predicted octanol–water partition coefficient (Wildman–Crippen LogP) is 0.705. The van der Waals surface area contributed by atoms with E-state index < -0.39 is 27.3 Å². The Balaban J connectivity index is 2.31. The zero-order chi connectivity index (χ0) is 14.2. The fourth-order valence-electron chi connectivity index (χ4n) is 2.07. The maximum atomic E-state index is 13.2. The molecule has 1 aliphatic heterocycles. The summed E-state index contributed by atoms with van der Waals surface area (Å²) in [6.45, 7) is 0. The topological polar surface area (TPSA) is 109 Å². The van der Waals surface area contributed by atoms with Gasteiger partial charge in [-0.25, -0.2) is 17.6 Å². The standard InChI is InChI=1S/C11H13FN2O4S/c12-7-1-2-8(9(10(7)13)11(15)16)14-6-3-4-19(17,18)5-6/h1-2,6,14H,3-5,13H2,(H,15,16). The number of hydrogen-bond donors (Lipinski definition) is 3. The minimum absolute atomic E-state index is 0.0593. The third kappa shape index (κ3) is 2.78. The Morgan fingerprint density at radius 3 is 2.68 bits per heavy atom. The molecule has 1 saturated heterocycles. The largest absolute Gasteiger partial charge is 0.478 e.